The minimum atomic E-state index is 0.652. The molecule has 3 heterocycles. The van der Waals surface area contributed by atoms with Crippen LogP contribution in [0.3, 0.4) is 0 Å². The van der Waals surface area contributed by atoms with Crippen LogP contribution in [0.1, 0.15) is 18.5 Å². The van der Waals surface area contributed by atoms with Gasteiger partial charge in [-0.2, -0.15) is 0 Å². The van der Waals surface area contributed by atoms with Crippen molar-refractivity contribution in [3.8, 4) is 0 Å². The predicted molar refractivity (Wildman–Crippen MR) is 74.9 cm³/mol. The van der Waals surface area contributed by atoms with Gasteiger partial charge in [0, 0.05) is 37.4 Å². The summed E-state index contributed by atoms with van der Waals surface area (Å²) in [6.07, 6.45) is 4.54. The zero-order chi connectivity index (χ0) is 12.5. The van der Waals surface area contributed by atoms with Gasteiger partial charge in [-0.25, -0.2) is 4.98 Å². The van der Waals surface area contributed by atoms with Gasteiger partial charge in [-0.1, -0.05) is 12.1 Å². The van der Waals surface area contributed by atoms with Crippen LogP contribution in [-0.4, -0.2) is 41.6 Å². The highest BCUT2D eigenvalue weighted by molar-refractivity contribution is 5.43. The Balaban J connectivity index is 1.79. The number of rotatable bonds is 3. The van der Waals surface area contributed by atoms with Crippen molar-refractivity contribution in [2.45, 2.75) is 31.8 Å². The number of nitrogens with zero attached hydrogens (tertiary/aromatic N) is 3. The quantitative estimate of drug-likeness (QED) is 0.759. The van der Waals surface area contributed by atoms with Crippen LogP contribution in [0.15, 0.2) is 30.9 Å². The molecule has 0 N–H and O–H groups in total. The Bertz CT molecular complexity index is 443. The first-order chi connectivity index (χ1) is 8.79. The van der Waals surface area contributed by atoms with Crippen molar-refractivity contribution < 1.29 is 0 Å². The maximum atomic E-state index is 4.67. The highest BCUT2D eigenvalue weighted by atomic mass is 15.3. The van der Waals surface area contributed by atoms with Gasteiger partial charge in [0.05, 0.1) is 0 Å². The lowest BCUT2D eigenvalue weighted by atomic mass is 10.1. The van der Waals surface area contributed by atoms with Gasteiger partial charge < -0.3 is 4.90 Å². The molecule has 3 heteroatoms. The summed E-state index contributed by atoms with van der Waals surface area (Å²) in [4.78, 5) is 9.74. The summed E-state index contributed by atoms with van der Waals surface area (Å²) >= 11 is 0. The number of fused-ring (bicyclic) bond motifs is 1. The molecule has 2 fully saturated rings. The number of hydrogen-bond donors (Lipinski definition) is 0. The van der Waals surface area contributed by atoms with Crippen molar-refractivity contribution >= 4 is 5.82 Å². The van der Waals surface area contributed by atoms with Gasteiger partial charge in [-0.05, 0) is 31.9 Å². The number of hydrogen-bond acceptors (Lipinski definition) is 3. The van der Waals surface area contributed by atoms with Crippen molar-refractivity contribution in [2.24, 2.45) is 0 Å². The second-order valence-electron chi connectivity index (χ2n) is 5.33. The maximum Gasteiger partial charge on any atom is 0.129 e. The molecule has 0 unspecified atom stereocenters. The van der Waals surface area contributed by atoms with Gasteiger partial charge in [0.2, 0.25) is 0 Å². The Morgan fingerprint density at radius 1 is 1.33 bits per heavy atom. The Kier molecular flexibility index (Phi) is 3.08. The van der Waals surface area contributed by atoms with Gasteiger partial charge in [0.25, 0.3) is 0 Å². The smallest absolute Gasteiger partial charge is 0.129 e. The molecule has 0 bridgehead atoms. The molecule has 1 aromatic heterocycles. The molecule has 2 saturated heterocycles. The average Bonchev–Trinajstić information content (AvgIpc) is 2.92. The molecule has 2 aliphatic heterocycles. The number of anilines is 1. The van der Waals surface area contributed by atoms with Crippen LogP contribution in [0.5, 0.6) is 0 Å². The first-order valence-corrected chi connectivity index (χ1v) is 6.85. The summed E-state index contributed by atoms with van der Waals surface area (Å²) in [5.41, 5.74) is 1.11. The summed E-state index contributed by atoms with van der Waals surface area (Å²) in [5, 5.41) is 0. The van der Waals surface area contributed by atoms with Gasteiger partial charge >= 0.3 is 0 Å². The fourth-order valence-electron chi connectivity index (χ4n) is 3.44. The van der Waals surface area contributed by atoms with Crippen LogP contribution in [0.4, 0.5) is 5.82 Å². The first-order valence-electron chi connectivity index (χ1n) is 6.85. The zero-order valence-electron chi connectivity index (χ0n) is 11.0. The molecule has 0 aliphatic carbocycles. The molecule has 0 saturated carbocycles. The molecular formula is C15H21N3. The third-order valence-corrected chi connectivity index (χ3v) is 4.22. The third kappa shape index (κ3) is 1.93. The maximum absolute atomic E-state index is 4.67. The van der Waals surface area contributed by atoms with Crippen molar-refractivity contribution in [1.82, 2.24) is 9.88 Å². The van der Waals surface area contributed by atoms with Crippen LogP contribution >= 0.6 is 0 Å². The van der Waals surface area contributed by atoms with Gasteiger partial charge in [-0.15, -0.1) is 6.58 Å². The van der Waals surface area contributed by atoms with E-state index in [1.54, 1.807) is 0 Å². The molecule has 3 rings (SSSR count). The fraction of sp³-hybridized carbons (Fsp3) is 0.533. The fourth-order valence-corrected chi connectivity index (χ4v) is 3.44. The topological polar surface area (TPSA) is 19.4 Å². The van der Waals surface area contributed by atoms with Crippen LogP contribution < -0.4 is 4.90 Å². The van der Waals surface area contributed by atoms with Crippen LogP contribution in [0, 0.1) is 6.92 Å². The SMILES string of the molecule is C=CCN1CC[C@@H]2[C@H]1CCN2c1cccc(C)n1. The second-order valence-corrected chi connectivity index (χ2v) is 5.33. The molecular weight excluding hydrogens is 222 g/mol. The standard InChI is InChI=1S/C15H21N3/c1-3-9-17-10-7-14-13(17)8-11-18(14)15-6-4-5-12(2)16-15/h3-6,13-14H,1,7-11H2,2H3/t13-,14-/m1/s1. The van der Waals surface area contributed by atoms with E-state index >= 15 is 0 Å². The minimum absolute atomic E-state index is 0.652. The Morgan fingerprint density at radius 2 is 2.17 bits per heavy atom. The summed E-state index contributed by atoms with van der Waals surface area (Å²) in [5.74, 6) is 1.16. The highest BCUT2D eigenvalue weighted by Crippen LogP contribution is 2.34. The van der Waals surface area contributed by atoms with Gasteiger partial charge in [0.15, 0.2) is 0 Å². The molecule has 0 amide bonds. The second kappa shape index (κ2) is 4.73. The van der Waals surface area contributed by atoms with E-state index < -0.39 is 0 Å². The van der Waals surface area contributed by atoms with E-state index in [2.05, 4.69) is 46.5 Å². The number of aryl methyl sites for hydroxylation is 1. The molecule has 0 aromatic carbocycles. The van der Waals surface area contributed by atoms with Crippen molar-refractivity contribution in [1.29, 1.82) is 0 Å². The van der Waals surface area contributed by atoms with E-state index in [1.807, 2.05) is 6.08 Å². The molecule has 1 aromatic rings. The normalized spacial score (nSPS) is 27.5. The van der Waals surface area contributed by atoms with E-state index in [-0.39, 0.29) is 0 Å². The molecule has 0 spiro atoms. The summed E-state index contributed by atoms with van der Waals surface area (Å²) in [7, 11) is 0. The summed E-state index contributed by atoms with van der Waals surface area (Å²) in [6.45, 7) is 9.29. The van der Waals surface area contributed by atoms with Gasteiger partial charge in [0.1, 0.15) is 5.82 Å². The average molecular weight is 243 g/mol. The van der Waals surface area contributed by atoms with E-state index in [4.69, 9.17) is 0 Å². The van der Waals surface area contributed by atoms with Crippen LogP contribution in [-0.2, 0) is 0 Å². The number of aromatic nitrogens is 1. The Hall–Kier alpha value is -1.35. The first kappa shape index (κ1) is 11.7. The van der Waals surface area contributed by atoms with E-state index in [0.29, 0.717) is 12.1 Å². The lowest BCUT2D eigenvalue weighted by molar-refractivity contribution is 0.281. The van der Waals surface area contributed by atoms with Crippen molar-refractivity contribution in [2.75, 3.05) is 24.5 Å². The lowest BCUT2D eigenvalue weighted by Gasteiger charge is -2.26. The monoisotopic (exact) mass is 243 g/mol. The number of pyridine rings is 1. The Labute approximate surface area is 109 Å². The molecule has 2 atom stereocenters. The molecule has 96 valence electrons. The summed E-state index contributed by atoms with van der Waals surface area (Å²) < 4.78 is 0. The van der Waals surface area contributed by atoms with Crippen LogP contribution in [0.25, 0.3) is 0 Å². The van der Waals surface area contributed by atoms with Crippen molar-refractivity contribution in [3.05, 3.63) is 36.5 Å². The largest absolute Gasteiger partial charge is 0.352 e. The molecule has 2 aliphatic rings. The van der Waals surface area contributed by atoms with Gasteiger partial charge in [-0.3, -0.25) is 4.90 Å². The van der Waals surface area contributed by atoms with E-state index in [1.165, 1.54) is 19.4 Å². The lowest BCUT2D eigenvalue weighted by Crippen LogP contribution is -2.36. The molecule has 3 nitrogen and oxygen atoms in total. The number of likely N-dealkylation sites (tertiary alicyclic amines) is 1. The Morgan fingerprint density at radius 3 is 2.94 bits per heavy atom. The van der Waals surface area contributed by atoms with E-state index in [9.17, 15) is 0 Å². The molecule has 18 heavy (non-hydrogen) atoms. The van der Waals surface area contributed by atoms with Crippen molar-refractivity contribution in [3.63, 3.8) is 0 Å². The summed E-state index contributed by atoms with van der Waals surface area (Å²) in [6, 6.07) is 7.67. The highest BCUT2D eigenvalue weighted by Gasteiger charge is 2.42. The zero-order valence-corrected chi connectivity index (χ0v) is 11.0. The van der Waals surface area contributed by atoms with Crippen LogP contribution in [0.2, 0.25) is 0 Å². The minimum Gasteiger partial charge on any atom is -0.352 e. The molecule has 0 radical (unpaired) electrons. The third-order valence-electron chi connectivity index (χ3n) is 4.22. The predicted octanol–water partition coefficient (Wildman–Crippen LogP) is 2.23. The van der Waals surface area contributed by atoms with E-state index in [0.717, 1.165) is 24.6 Å².